The molecule has 0 bridgehead atoms. The molecule has 3 rings (SSSR count). The van der Waals surface area contributed by atoms with Gasteiger partial charge in [0.05, 0.1) is 17.7 Å². The molecule has 1 aliphatic heterocycles. The van der Waals surface area contributed by atoms with E-state index in [-0.39, 0.29) is 30.3 Å². The van der Waals surface area contributed by atoms with E-state index < -0.39 is 0 Å². The molecule has 1 N–H and O–H groups in total. The average molecular weight is 352 g/mol. The zero-order valence-corrected chi connectivity index (χ0v) is 15.4. The normalized spacial score (nSPS) is 16.8. The van der Waals surface area contributed by atoms with E-state index in [1.54, 1.807) is 4.90 Å². The van der Waals surface area contributed by atoms with Crippen LogP contribution in [0.5, 0.6) is 5.75 Å². The maximum Gasteiger partial charge on any atom is 0.229 e. The fraction of sp³-hybridized carbons (Fsp3) is 0.333. The van der Waals surface area contributed by atoms with Crippen LogP contribution in [0.1, 0.15) is 25.8 Å². The first kappa shape index (κ1) is 18.0. The number of nitrogens with zero attached hydrogens (tertiary/aromatic N) is 1. The van der Waals surface area contributed by atoms with Gasteiger partial charge in [0, 0.05) is 18.7 Å². The van der Waals surface area contributed by atoms with Crippen LogP contribution in [-0.2, 0) is 9.59 Å². The Labute approximate surface area is 154 Å². The van der Waals surface area contributed by atoms with Gasteiger partial charge < -0.3 is 15.0 Å². The molecule has 0 radical (unpaired) electrons. The Hall–Kier alpha value is -2.82. The first-order chi connectivity index (χ1) is 12.5. The third-order valence-electron chi connectivity index (χ3n) is 4.42. The summed E-state index contributed by atoms with van der Waals surface area (Å²) >= 11 is 0. The van der Waals surface area contributed by atoms with Crippen molar-refractivity contribution in [1.29, 1.82) is 0 Å². The lowest BCUT2D eigenvalue weighted by atomic mass is 10.1. The second-order valence-corrected chi connectivity index (χ2v) is 6.84. The summed E-state index contributed by atoms with van der Waals surface area (Å²) in [5.74, 6) is 0.0946. The third kappa shape index (κ3) is 3.87. The summed E-state index contributed by atoms with van der Waals surface area (Å²) in [4.78, 5) is 26.8. The summed E-state index contributed by atoms with van der Waals surface area (Å²) in [6, 6.07) is 15.1. The lowest BCUT2D eigenvalue weighted by Gasteiger charge is -2.21. The summed E-state index contributed by atoms with van der Waals surface area (Å²) in [6.45, 7) is 6.19. The number of rotatable bonds is 5. The largest absolute Gasteiger partial charge is 0.489 e. The number of hydrogen-bond acceptors (Lipinski definition) is 3. The predicted octanol–water partition coefficient (Wildman–Crippen LogP) is 3.77. The van der Waals surface area contributed by atoms with Crippen molar-refractivity contribution in [2.24, 2.45) is 5.92 Å². The Bertz CT molecular complexity index is 816. The Balaban J connectivity index is 1.75. The minimum Gasteiger partial charge on any atom is -0.489 e. The molecule has 2 amide bonds. The van der Waals surface area contributed by atoms with Crippen molar-refractivity contribution in [2.45, 2.75) is 33.3 Å². The van der Waals surface area contributed by atoms with Crippen LogP contribution >= 0.6 is 0 Å². The van der Waals surface area contributed by atoms with Crippen molar-refractivity contribution >= 4 is 23.2 Å². The number of para-hydroxylation sites is 3. The van der Waals surface area contributed by atoms with Gasteiger partial charge >= 0.3 is 0 Å². The van der Waals surface area contributed by atoms with Gasteiger partial charge in [-0.25, -0.2) is 0 Å². The van der Waals surface area contributed by atoms with Crippen LogP contribution < -0.4 is 15.0 Å². The van der Waals surface area contributed by atoms with Gasteiger partial charge in [0.15, 0.2) is 0 Å². The SMILES string of the molecule is Cc1ccccc1NC(=O)C1CC(=O)N(c2ccccc2OC(C)C)C1. The van der Waals surface area contributed by atoms with Gasteiger partial charge in [-0.1, -0.05) is 30.3 Å². The highest BCUT2D eigenvalue weighted by Gasteiger charge is 2.36. The molecule has 1 heterocycles. The van der Waals surface area contributed by atoms with Gasteiger partial charge in [-0.05, 0) is 44.5 Å². The minimum absolute atomic E-state index is 0.00834. The molecular formula is C21H24N2O3. The predicted molar refractivity (Wildman–Crippen MR) is 102 cm³/mol. The fourth-order valence-electron chi connectivity index (χ4n) is 3.10. The summed E-state index contributed by atoms with van der Waals surface area (Å²) in [5.41, 5.74) is 2.50. The summed E-state index contributed by atoms with van der Waals surface area (Å²) in [7, 11) is 0. The Morgan fingerprint density at radius 2 is 1.85 bits per heavy atom. The van der Waals surface area contributed by atoms with Gasteiger partial charge in [-0.2, -0.15) is 0 Å². The van der Waals surface area contributed by atoms with E-state index in [4.69, 9.17) is 4.74 Å². The van der Waals surface area contributed by atoms with E-state index >= 15 is 0 Å². The minimum atomic E-state index is -0.380. The zero-order chi connectivity index (χ0) is 18.7. The maximum atomic E-state index is 12.6. The van der Waals surface area contributed by atoms with Gasteiger partial charge in [-0.3, -0.25) is 9.59 Å². The first-order valence-electron chi connectivity index (χ1n) is 8.88. The molecule has 26 heavy (non-hydrogen) atoms. The number of anilines is 2. The van der Waals surface area contributed by atoms with Gasteiger partial charge in [0.2, 0.25) is 11.8 Å². The molecule has 0 aromatic heterocycles. The van der Waals surface area contributed by atoms with Crippen molar-refractivity contribution in [3.8, 4) is 5.75 Å². The summed E-state index contributed by atoms with van der Waals surface area (Å²) in [5, 5.41) is 2.94. The highest BCUT2D eigenvalue weighted by atomic mass is 16.5. The van der Waals surface area contributed by atoms with E-state index in [1.807, 2.05) is 69.3 Å². The van der Waals surface area contributed by atoms with Crippen molar-refractivity contribution in [3.63, 3.8) is 0 Å². The number of amides is 2. The Morgan fingerprint density at radius 1 is 1.15 bits per heavy atom. The summed E-state index contributed by atoms with van der Waals surface area (Å²) in [6.07, 6.45) is 0.210. The standard InChI is InChI=1S/C21H24N2O3/c1-14(2)26-19-11-7-6-10-18(19)23-13-16(12-20(23)24)21(25)22-17-9-5-4-8-15(17)3/h4-11,14,16H,12-13H2,1-3H3,(H,22,25). The second kappa shape index (κ2) is 7.60. The van der Waals surface area contributed by atoms with Crippen molar-refractivity contribution < 1.29 is 14.3 Å². The molecule has 0 aliphatic carbocycles. The lowest BCUT2D eigenvalue weighted by molar-refractivity contribution is -0.122. The van der Waals surface area contributed by atoms with Crippen LogP contribution in [0.3, 0.4) is 0 Å². The topological polar surface area (TPSA) is 58.6 Å². The monoisotopic (exact) mass is 352 g/mol. The molecule has 2 aromatic rings. The van der Waals surface area contributed by atoms with Gasteiger partial charge in [0.1, 0.15) is 5.75 Å². The van der Waals surface area contributed by atoms with E-state index in [0.717, 1.165) is 16.9 Å². The molecule has 5 nitrogen and oxygen atoms in total. The molecule has 0 saturated carbocycles. The molecule has 1 aliphatic rings. The molecule has 1 saturated heterocycles. The third-order valence-corrected chi connectivity index (χ3v) is 4.42. The molecule has 5 heteroatoms. The Kier molecular flexibility index (Phi) is 5.26. The molecule has 0 spiro atoms. The quantitative estimate of drug-likeness (QED) is 0.891. The number of carbonyl (C=O) groups is 2. The lowest BCUT2D eigenvalue weighted by Crippen LogP contribution is -2.28. The van der Waals surface area contributed by atoms with Crippen LogP contribution in [0.4, 0.5) is 11.4 Å². The van der Waals surface area contributed by atoms with Crippen molar-refractivity contribution in [3.05, 3.63) is 54.1 Å². The van der Waals surface area contributed by atoms with Crippen LogP contribution in [-0.4, -0.2) is 24.5 Å². The molecule has 1 fully saturated rings. The number of aryl methyl sites for hydroxylation is 1. The van der Waals surface area contributed by atoms with E-state index in [9.17, 15) is 9.59 Å². The molecule has 2 aromatic carbocycles. The molecule has 1 unspecified atom stereocenters. The summed E-state index contributed by atoms with van der Waals surface area (Å²) < 4.78 is 5.82. The second-order valence-electron chi connectivity index (χ2n) is 6.84. The van der Waals surface area contributed by atoms with E-state index in [1.165, 1.54) is 0 Å². The molecule has 136 valence electrons. The highest BCUT2D eigenvalue weighted by molar-refractivity contribution is 6.04. The zero-order valence-electron chi connectivity index (χ0n) is 15.4. The van der Waals surface area contributed by atoms with Crippen LogP contribution in [0.2, 0.25) is 0 Å². The number of nitrogens with one attached hydrogen (secondary N) is 1. The van der Waals surface area contributed by atoms with Crippen molar-refractivity contribution in [2.75, 3.05) is 16.8 Å². The average Bonchev–Trinajstić information content (AvgIpc) is 2.99. The maximum absolute atomic E-state index is 12.6. The number of ether oxygens (including phenoxy) is 1. The number of carbonyl (C=O) groups excluding carboxylic acids is 2. The molecule has 1 atom stereocenters. The van der Waals surface area contributed by atoms with E-state index in [0.29, 0.717) is 12.3 Å². The fourth-order valence-corrected chi connectivity index (χ4v) is 3.10. The van der Waals surface area contributed by atoms with E-state index in [2.05, 4.69) is 5.32 Å². The van der Waals surface area contributed by atoms with Crippen LogP contribution in [0, 0.1) is 12.8 Å². The van der Waals surface area contributed by atoms with Crippen LogP contribution in [0.25, 0.3) is 0 Å². The van der Waals surface area contributed by atoms with Gasteiger partial charge in [-0.15, -0.1) is 0 Å². The van der Waals surface area contributed by atoms with Gasteiger partial charge in [0.25, 0.3) is 0 Å². The number of benzene rings is 2. The first-order valence-corrected chi connectivity index (χ1v) is 8.88. The number of hydrogen-bond donors (Lipinski definition) is 1. The molecular weight excluding hydrogens is 328 g/mol. The highest BCUT2D eigenvalue weighted by Crippen LogP contribution is 2.34. The smallest absolute Gasteiger partial charge is 0.229 e. The Morgan fingerprint density at radius 3 is 2.58 bits per heavy atom. The van der Waals surface area contributed by atoms with Crippen molar-refractivity contribution in [1.82, 2.24) is 0 Å². The van der Waals surface area contributed by atoms with Crippen LogP contribution in [0.15, 0.2) is 48.5 Å².